The lowest BCUT2D eigenvalue weighted by Gasteiger charge is -2.20. The van der Waals surface area contributed by atoms with E-state index in [1.54, 1.807) is 12.1 Å². The molecule has 5 nitrogen and oxygen atoms in total. The van der Waals surface area contributed by atoms with Crippen LogP contribution in [0, 0.1) is 10.1 Å². The number of nitrogens with zero attached hydrogens (tertiary/aromatic N) is 1. The summed E-state index contributed by atoms with van der Waals surface area (Å²) in [5.74, 6) is 0. The van der Waals surface area contributed by atoms with Crippen molar-refractivity contribution in [3.8, 4) is 0 Å². The number of non-ortho nitro benzene ring substituents is 1. The summed E-state index contributed by atoms with van der Waals surface area (Å²) in [6, 6.07) is 14.9. The molecule has 0 aliphatic carbocycles. The highest BCUT2D eigenvalue weighted by Crippen LogP contribution is 2.22. The largest absolute Gasteiger partial charge is 0.359 e. The van der Waals surface area contributed by atoms with Crippen LogP contribution in [0.2, 0.25) is 0 Å². The maximum Gasteiger partial charge on any atom is 0.269 e. The SMILES string of the molecule is C[C@@H](NC(=S)NCc1ccc(C(C)(C)C)cc1)c1ccc([N+](=O)[O-])cc1. The zero-order chi connectivity index (χ0) is 19.3. The molecule has 0 aliphatic rings. The van der Waals surface area contributed by atoms with Crippen LogP contribution < -0.4 is 10.6 Å². The molecule has 0 spiro atoms. The van der Waals surface area contributed by atoms with Crippen LogP contribution in [0.5, 0.6) is 0 Å². The minimum atomic E-state index is -0.404. The molecule has 0 aromatic heterocycles. The maximum absolute atomic E-state index is 10.7. The standard InChI is InChI=1S/C20H25N3O2S/c1-14(16-7-11-18(12-8-16)23(24)25)22-19(26)21-13-15-5-9-17(10-6-15)20(2,3)4/h5-12,14H,13H2,1-4H3,(H2,21,22,26)/t14-/m1/s1. The summed E-state index contributed by atoms with van der Waals surface area (Å²) < 4.78 is 0. The average Bonchev–Trinajstić information content (AvgIpc) is 2.59. The summed E-state index contributed by atoms with van der Waals surface area (Å²) in [6.07, 6.45) is 0. The fourth-order valence-electron chi connectivity index (χ4n) is 2.52. The Morgan fingerprint density at radius 1 is 1.12 bits per heavy atom. The topological polar surface area (TPSA) is 67.2 Å². The molecule has 0 amide bonds. The van der Waals surface area contributed by atoms with Gasteiger partial charge >= 0.3 is 0 Å². The van der Waals surface area contributed by atoms with E-state index in [4.69, 9.17) is 12.2 Å². The maximum atomic E-state index is 10.7. The van der Waals surface area contributed by atoms with Crippen LogP contribution in [-0.4, -0.2) is 10.0 Å². The van der Waals surface area contributed by atoms with Crippen molar-refractivity contribution in [1.29, 1.82) is 0 Å². The van der Waals surface area contributed by atoms with Gasteiger partial charge in [-0.15, -0.1) is 0 Å². The normalized spacial score (nSPS) is 12.3. The molecule has 0 radical (unpaired) electrons. The number of benzene rings is 2. The van der Waals surface area contributed by atoms with Crippen LogP contribution >= 0.6 is 12.2 Å². The lowest BCUT2D eigenvalue weighted by molar-refractivity contribution is -0.384. The molecule has 0 saturated heterocycles. The third-order valence-corrected chi connectivity index (χ3v) is 4.49. The molecule has 26 heavy (non-hydrogen) atoms. The summed E-state index contributed by atoms with van der Waals surface area (Å²) in [5, 5.41) is 17.7. The van der Waals surface area contributed by atoms with E-state index in [1.165, 1.54) is 17.7 Å². The molecule has 6 heteroatoms. The van der Waals surface area contributed by atoms with Crippen LogP contribution in [0.15, 0.2) is 48.5 Å². The van der Waals surface area contributed by atoms with E-state index in [-0.39, 0.29) is 17.1 Å². The fraction of sp³-hybridized carbons (Fsp3) is 0.350. The van der Waals surface area contributed by atoms with Gasteiger partial charge in [-0.2, -0.15) is 0 Å². The Morgan fingerprint density at radius 3 is 2.19 bits per heavy atom. The molecule has 0 bridgehead atoms. The number of nitrogens with one attached hydrogen (secondary N) is 2. The average molecular weight is 372 g/mol. The van der Waals surface area contributed by atoms with Gasteiger partial charge in [-0.05, 0) is 41.2 Å². The second kappa shape index (κ2) is 8.27. The van der Waals surface area contributed by atoms with Crippen LogP contribution in [-0.2, 0) is 12.0 Å². The van der Waals surface area contributed by atoms with E-state index in [1.807, 2.05) is 6.92 Å². The fourth-order valence-corrected chi connectivity index (χ4v) is 2.77. The summed E-state index contributed by atoms with van der Waals surface area (Å²) in [7, 11) is 0. The van der Waals surface area contributed by atoms with Crippen LogP contribution in [0.3, 0.4) is 0 Å². The number of nitro benzene ring substituents is 1. The molecule has 1 atom stereocenters. The predicted molar refractivity (Wildman–Crippen MR) is 109 cm³/mol. The molecule has 0 heterocycles. The predicted octanol–water partition coefficient (Wildman–Crippen LogP) is 4.62. The third kappa shape index (κ3) is 5.52. The number of rotatable bonds is 5. The third-order valence-electron chi connectivity index (χ3n) is 4.22. The molecule has 138 valence electrons. The van der Waals surface area contributed by atoms with E-state index in [2.05, 4.69) is 55.7 Å². The minimum absolute atomic E-state index is 0.0425. The van der Waals surface area contributed by atoms with Gasteiger partial charge in [0.25, 0.3) is 5.69 Å². The first-order chi connectivity index (χ1) is 12.2. The molecule has 0 fully saturated rings. The van der Waals surface area contributed by atoms with Crippen molar-refractivity contribution in [2.45, 2.75) is 45.7 Å². The van der Waals surface area contributed by atoms with Gasteiger partial charge in [0, 0.05) is 18.7 Å². The van der Waals surface area contributed by atoms with Crippen molar-refractivity contribution >= 4 is 23.0 Å². The Kier molecular flexibility index (Phi) is 6.32. The smallest absolute Gasteiger partial charge is 0.269 e. The quantitative estimate of drug-likeness (QED) is 0.456. The van der Waals surface area contributed by atoms with E-state index >= 15 is 0 Å². The second-order valence-corrected chi connectivity index (χ2v) is 7.75. The van der Waals surface area contributed by atoms with Gasteiger partial charge in [-0.1, -0.05) is 57.2 Å². The van der Waals surface area contributed by atoms with E-state index in [0.717, 1.165) is 11.1 Å². The van der Waals surface area contributed by atoms with E-state index in [9.17, 15) is 10.1 Å². The Hall–Kier alpha value is -2.47. The molecule has 2 aromatic carbocycles. The van der Waals surface area contributed by atoms with Gasteiger partial charge in [-0.25, -0.2) is 0 Å². The van der Waals surface area contributed by atoms with Crippen molar-refractivity contribution in [3.05, 3.63) is 75.3 Å². The van der Waals surface area contributed by atoms with Crippen LogP contribution in [0.25, 0.3) is 0 Å². The zero-order valence-electron chi connectivity index (χ0n) is 15.6. The Balaban J connectivity index is 1.87. The monoisotopic (exact) mass is 371 g/mol. The molecule has 0 aliphatic heterocycles. The molecule has 2 rings (SSSR count). The number of hydrogen-bond acceptors (Lipinski definition) is 3. The Morgan fingerprint density at radius 2 is 1.69 bits per heavy atom. The van der Waals surface area contributed by atoms with Crippen molar-refractivity contribution < 1.29 is 4.92 Å². The van der Waals surface area contributed by atoms with Gasteiger partial charge in [0.1, 0.15) is 0 Å². The zero-order valence-corrected chi connectivity index (χ0v) is 16.4. The molecule has 2 aromatic rings. The first-order valence-electron chi connectivity index (χ1n) is 8.55. The van der Waals surface area contributed by atoms with Gasteiger partial charge in [0.2, 0.25) is 0 Å². The van der Waals surface area contributed by atoms with Crippen molar-refractivity contribution in [3.63, 3.8) is 0 Å². The van der Waals surface area contributed by atoms with E-state index in [0.29, 0.717) is 11.7 Å². The number of thiocarbonyl (C=S) groups is 1. The van der Waals surface area contributed by atoms with Gasteiger partial charge in [-0.3, -0.25) is 10.1 Å². The summed E-state index contributed by atoms with van der Waals surface area (Å²) in [4.78, 5) is 10.3. The summed E-state index contributed by atoms with van der Waals surface area (Å²) >= 11 is 5.35. The number of nitro groups is 1. The highest BCUT2D eigenvalue weighted by atomic mass is 32.1. The van der Waals surface area contributed by atoms with E-state index < -0.39 is 4.92 Å². The second-order valence-electron chi connectivity index (χ2n) is 7.34. The summed E-state index contributed by atoms with van der Waals surface area (Å²) in [6.45, 7) is 9.19. The molecule has 0 saturated carbocycles. The minimum Gasteiger partial charge on any atom is -0.359 e. The Labute approximate surface area is 160 Å². The first-order valence-corrected chi connectivity index (χ1v) is 8.96. The van der Waals surface area contributed by atoms with Gasteiger partial charge in [0.15, 0.2) is 5.11 Å². The van der Waals surface area contributed by atoms with Crippen molar-refractivity contribution in [2.75, 3.05) is 0 Å². The highest BCUT2D eigenvalue weighted by molar-refractivity contribution is 7.80. The van der Waals surface area contributed by atoms with Gasteiger partial charge < -0.3 is 10.6 Å². The van der Waals surface area contributed by atoms with Crippen LogP contribution in [0.4, 0.5) is 5.69 Å². The highest BCUT2D eigenvalue weighted by Gasteiger charge is 2.13. The molecular formula is C20H25N3O2S. The number of hydrogen-bond donors (Lipinski definition) is 2. The molecule has 2 N–H and O–H groups in total. The summed E-state index contributed by atoms with van der Waals surface area (Å²) in [5.41, 5.74) is 3.62. The Bertz CT molecular complexity index is 765. The lowest BCUT2D eigenvalue weighted by Crippen LogP contribution is -2.36. The van der Waals surface area contributed by atoms with Gasteiger partial charge in [0.05, 0.1) is 11.0 Å². The van der Waals surface area contributed by atoms with Crippen LogP contribution in [0.1, 0.15) is 50.4 Å². The van der Waals surface area contributed by atoms with Crippen molar-refractivity contribution in [1.82, 2.24) is 10.6 Å². The first kappa shape index (κ1) is 19.8. The molecule has 0 unspecified atom stereocenters. The van der Waals surface area contributed by atoms with Crippen molar-refractivity contribution in [2.24, 2.45) is 0 Å². The molecular weight excluding hydrogens is 346 g/mol. The lowest BCUT2D eigenvalue weighted by atomic mass is 9.87.